The highest BCUT2D eigenvalue weighted by atomic mass is 79.9. The summed E-state index contributed by atoms with van der Waals surface area (Å²) in [5.74, 6) is -0.494. The lowest BCUT2D eigenvalue weighted by Crippen LogP contribution is -2.41. The van der Waals surface area contributed by atoms with E-state index < -0.39 is 6.04 Å². The Labute approximate surface area is 135 Å². The number of carbonyl (C=O) groups excluding carboxylic acids is 2. The molecule has 0 spiro atoms. The number of hydrogen-bond donors (Lipinski definition) is 2. The molecule has 0 unspecified atom stereocenters. The molecule has 0 radical (unpaired) electrons. The molecule has 2 amide bonds. The van der Waals surface area contributed by atoms with E-state index in [1.807, 2.05) is 31.2 Å². The molecule has 2 aromatic rings. The number of nitrogens with one attached hydrogen (secondary N) is 2. The fourth-order valence-corrected chi connectivity index (χ4v) is 3.01. The van der Waals surface area contributed by atoms with Gasteiger partial charge >= 0.3 is 0 Å². The normalized spacial score (nSPS) is 11.8. The van der Waals surface area contributed by atoms with E-state index in [2.05, 4.69) is 26.6 Å². The van der Waals surface area contributed by atoms with Gasteiger partial charge < -0.3 is 10.6 Å². The Kier molecular flexibility index (Phi) is 5.14. The van der Waals surface area contributed by atoms with E-state index >= 15 is 0 Å². The van der Waals surface area contributed by atoms with Crippen LogP contribution in [0.3, 0.4) is 0 Å². The van der Waals surface area contributed by atoms with E-state index in [4.69, 9.17) is 0 Å². The van der Waals surface area contributed by atoms with Crippen molar-refractivity contribution in [3.8, 4) is 0 Å². The van der Waals surface area contributed by atoms with Gasteiger partial charge in [0.15, 0.2) is 0 Å². The van der Waals surface area contributed by atoms with Crippen LogP contribution in [0.2, 0.25) is 0 Å². The van der Waals surface area contributed by atoms with Crippen LogP contribution in [-0.4, -0.2) is 17.9 Å². The van der Waals surface area contributed by atoms with Gasteiger partial charge in [-0.3, -0.25) is 9.59 Å². The smallest absolute Gasteiger partial charge is 0.262 e. The number of anilines is 1. The predicted octanol–water partition coefficient (Wildman–Crippen LogP) is 3.58. The molecule has 2 rings (SSSR count). The standard InChI is InChI=1S/C15H15BrN2O2S/c1-9-5-3-4-6-11(9)18-14(19)10(2)17-15(20)12-7-8-13(16)21-12/h3-8,10H,1-2H3,(H,17,20)(H,18,19)/t10-/m1/s1. The molecule has 1 heterocycles. The second kappa shape index (κ2) is 6.87. The number of halogens is 1. The molecule has 2 N–H and O–H groups in total. The molecule has 110 valence electrons. The van der Waals surface area contributed by atoms with E-state index in [0.29, 0.717) is 4.88 Å². The van der Waals surface area contributed by atoms with Crippen LogP contribution in [0.25, 0.3) is 0 Å². The van der Waals surface area contributed by atoms with Crippen molar-refractivity contribution in [2.75, 3.05) is 5.32 Å². The van der Waals surface area contributed by atoms with E-state index in [1.165, 1.54) is 11.3 Å². The van der Waals surface area contributed by atoms with Gasteiger partial charge in [0, 0.05) is 5.69 Å². The number of benzene rings is 1. The summed E-state index contributed by atoms with van der Waals surface area (Å²) in [5, 5.41) is 5.50. The molecule has 6 heteroatoms. The Morgan fingerprint density at radius 1 is 1.19 bits per heavy atom. The second-order valence-electron chi connectivity index (χ2n) is 4.60. The number of aryl methyl sites for hydroxylation is 1. The van der Waals surface area contributed by atoms with Gasteiger partial charge in [0.05, 0.1) is 8.66 Å². The molecule has 0 aliphatic heterocycles. The topological polar surface area (TPSA) is 58.2 Å². The van der Waals surface area contributed by atoms with Crippen LogP contribution in [0.4, 0.5) is 5.69 Å². The molecule has 0 saturated carbocycles. The highest BCUT2D eigenvalue weighted by Gasteiger charge is 2.18. The predicted molar refractivity (Wildman–Crippen MR) is 88.8 cm³/mol. The molecule has 4 nitrogen and oxygen atoms in total. The molecule has 0 fully saturated rings. The molecular weight excluding hydrogens is 352 g/mol. The maximum Gasteiger partial charge on any atom is 0.262 e. The van der Waals surface area contributed by atoms with Gasteiger partial charge in [-0.25, -0.2) is 0 Å². The van der Waals surface area contributed by atoms with Gasteiger partial charge in [-0.2, -0.15) is 0 Å². The van der Waals surface area contributed by atoms with Crippen molar-refractivity contribution >= 4 is 44.8 Å². The van der Waals surface area contributed by atoms with Crippen LogP contribution in [0, 0.1) is 6.92 Å². The zero-order chi connectivity index (χ0) is 15.4. The number of carbonyl (C=O) groups is 2. The third-order valence-corrected chi connectivity index (χ3v) is 4.56. The first-order chi connectivity index (χ1) is 9.97. The van der Waals surface area contributed by atoms with Gasteiger partial charge in [0.1, 0.15) is 6.04 Å². The summed E-state index contributed by atoms with van der Waals surface area (Å²) >= 11 is 4.64. The molecule has 0 aliphatic carbocycles. The first-order valence-corrected chi connectivity index (χ1v) is 8.01. The zero-order valence-corrected chi connectivity index (χ0v) is 14.0. The SMILES string of the molecule is Cc1ccccc1NC(=O)[C@@H](C)NC(=O)c1ccc(Br)s1. The number of rotatable bonds is 4. The van der Waals surface area contributed by atoms with Gasteiger partial charge in [-0.15, -0.1) is 11.3 Å². The molecule has 0 bridgehead atoms. The molecule has 1 atom stereocenters. The Hall–Kier alpha value is -1.66. The van der Waals surface area contributed by atoms with Crippen molar-refractivity contribution in [3.63, 3.8) is 0 Å². The number of para-hydroxylation sites is 1. The van der Waals surface area contributed by atoms with Crippen LogP contribution in [-0.2, 0) is 4.79 Å². The summed E-state index contributed by atoms with van der Waals surface area (Å²) in [5.41, 5.74) is 1.73. The first kappa shape index (κ1) is 15.7. The number of amides is 2. The maximum atomic E-state index is 12.1. The van der Waals surface area contributed by atoms with Crippen molar-refractivity contribution < 1.29 is 9.59 Å². The third-order valence-electron chi connectivity index (χ3n) is 2.94. The first-order valence-electron chi connectivity index (χ1n) is 6.40. The summed E-state index contributed by atoms with van der Waals surface area (Å²) in [6, 6.07) is 10.4. The van der Waals surface area contributed by atoms with Gasteiger partial charge in [0.2, 0.25) is 5.91 Å². The quantitative estimate of drug-likeness (QED) is 0.868. The summed E-state index contributed by atoms with van der Waals surface area (Å²) in [7, 11) is 0. The van der Waals surface area contributed by atoms with Crippen molar-refractivity contribution in [2.24, 2.45) is 0 Å². The minimum Gasteiger partial charge on any atom is -0.340 e. The van der Waals surface area contributed by atoms with E-state index in [9.17, 15) is 9.59 Å². The zero-order valence-electron chi connectivity index (χ0n) is 11.6. The average Bonchev–Trinajstić information content (AvgIpc) is 2.88. The second-order valence-corrected chi connectivity index (χ2v) is 7.07. The van der Waals surface area contributed by atoms with E-state index in [0.717, 1.165) is 15.0 Å². The summed E-state index contributed by atoms with van der Waals surface area (Å²) < 4.78 is 0.879. The van der Waals surface area contributed by atoms with Crippen LogP contribution in [0.1, 0.15) is 22.2 Å². The largest absolute Gasteiger partial charge is 0.340 e. The van der Waals surface area contributed by atoms with Crippen LogP contribution < -0.4 is 10.6 Å². The summed E-state index contributed by atoms with van der Waals surface area (Å²) in [4.78, 5) is 24.7. The number of thiophene rings is 1. The van der Waals surface area contributed by atoms with Crippen molar-refractivity contribution in [1.29, 1.82) is 0 Å². The lowest BCUT2D eigenvalue weighted by molar-refractivity contribution is -0.117. The Morgan fingerprint density at radius 3 is 2.52 bits per heavy atom. The monoisotopic (exact) mass is 366 g/mol. The molecular formula is C15H15BrN2O2S. The average molecular weight is 367 g/mol. The van der Waals surface area contributed by atoms with Gasteiger partial charge in [0.25, 0.3) is 5.91 Å². The van der Waals surface area contributed by atoms with Crippen LogP contribution >= 0.6 is 27.3 Å². The van der Waals surface area contributed by atoms with Crippen LogP contribution in [0.5, 0.6) is 0 Å². The Morgan fingerprint density at radius 2 is 1.90 bits per heavy atom. The van der Waals surface area contributed by atoms with Gasteiger partial charge in [-0.05, 0) is 53.5 Å². The minimum absolute atomic E-state index is 0.242. The summed E-state index contributed by atoms with van der Waals surface area (Å²) in [6.07, 6.45) is 0. The Balaban J connectivity index is 1.97. The van der Waals surface area contributed by atoms with Gasteiger partial charge in [-0.1, -0.05) is 18.2 Å². The fourth-order valence-electron chi connectivity index (χ4n) is 1.72. The van der Waals surface area contributed by atoms with E-state index in [-0.39, 0.29) is 11.8 Å². The van der Waals surface area contributed by atoms with E-state index in [1.54, 1.807) is 19.1 Å². The molecule has 1 aromatic carbocycles. The molecule has 21 heavy (non-hydrogen) atoms. The summed E-state index contributed by atoms with van der Waals surface area (Å²) in [6.45, 7) is 3.58. The number of hydrogen-bond acceptors (Lipinski definition) is 3. The van der Waals surface area contributed by atoms with Crippen molar-refractivity contribution in [1.82, 2.24) is 5.32 Å². The van der Waals surface area contributed by atoms with Crippen LogP contribution in [0.15, 0.2) is 40.2 Å². The minimum atomic E-state index is -0.613. The maximum absolute atomic E-state index is 12.1. The Bertz CT molecular complexity index is 669. The molecule has 0 aliphatic rings. The third kappa shape index (κ3) is 4.15. The molecule has 0 saturated heterocycles. The fraction of sp³-hybridized carbons (Fsp3) is 0.200. The van der Waals surface area contributed by atoms with Crippen molar-refractivity contribution in [3.05, 3.63) is 50.6 Å². The lowest BCUT2D eigenvalue weighted by atomic mass is 10.2. The lowest BCUT2D eigenvalue weighted by Gasteiger charge is -2.14. The van der Waals surface area contributed by atoms with Crippen molar-refractivity contribution in [2.45, 2.75) is 19.9 Å². The highest BCUT2D eigenvalue weighted by molar-refractivity contribution is 9.11. The highest BCUT2D eigenvalue weighted by Crippen LogP contribution is 2.22. The molecule has 1 aromatic heterocycles.